The Morgan fingerprint density at radius 2 is 1.47 bits per heavy atom. The van der Waals surface area contributed by atoms with Gasteiger partial charge in [0.15, 0.2) is 0 Å². The monoisotopic (exact) mass is 419 g/mol. The molecule has 4 aromatic rings. The van der Waals surface area contributed by atoms with Gasteiger partial charge in [-0.2, -0.15) is 8.42 Å². The van der Waals surface area contributed by atoms with E-state index in [9.17, 15) is 17.9 Å². The second-order valence-corrected chi connectivity index (χ2v) is 8.38. The van der Waals surface area contributed by atoms with Crippen molar-refractivity contribution < 1.29 is 13.0 Å². The lowest BCUT2D eigenvalue weighted by atomic mass is 10.0. The Hall–Kier alpha value is -3.49. The molecule has 0 bridgehead atoms. The lowest BCUT2D eigenvalue weighted by molar-refractivity contribution is 0.484. The Labute approximate surface area is 172 Å². The first-order chi connectivity index (χ1) is 14.3. The molecule has 30 heavy (non-hydrogen) atoms. The average molecular weight is 419 g/mol. The van der Waals surface area contributed by atoms with Gasteiger partial charge >= 0.3 is 0 Å². The number of rotatable bonds is 4. The molecule has 150 valence electrons. The zero-order valence-corrected chi connectivity index (χ0v) is 17.0. The number of hydrogen-bond donors (Lipinski definition) is 1. The average Bonchev–Trinajstić information content (AvgIpc) is 2.72. The molecule has 0 radical (unpaired) electrons. The summed E-state index contributed by atoms with van der Waals surface area (Å²) in [5.74, 6) is 0. The molecule has 0 aliphatic carbocycles. The van der Waals surface area contributed by atoms with E-state index < -0.39 is 10.1 Å². The summed E-state index contributed by atoms with van der Waals surface area (Å²) in [6.07, 6.45) is 0. The summed E-state index contributed by atoms with van der Waals surface area (Å²) in [7, 11) is -4.51. The zero-order valence-electron chi connectivity index (χ0n) is 16.2. The zero-order chi connectivity index (χ0) is 21.5. The van der Waals surface area contributed by atoms with Crippen LogP contribution in [0.2, 0.25) is 0 Å². The Morgan fingerprint density at radius 3 is 2.17 bits per heavy atom. The molecule has 4 rings (SSSR count). The lowest BCUT2D eigenvalue weighted by Crippen LogP contribution is -2.00. The minimum Gasteiger partial charge on any atom is -0.282 e. The first kappa shape index (κ1) is 19.8. The number of nitroso groups, excluding NO2 is 1. The highest BCUT2D eigenvalue weighted by molar-refractivity contribution is 7.86. The third-order valence-corrected chi connectivity index (χ3v) is 5.87. The maximum Gasteiger partial charge on any atom is 0.295 e. The van der Waals surface area contributed by atoms with Gasteiger partial charge in [-0.3, -0.25) is 4.55 Å². The number of azo groups is 1. The smallest absolute Gasteiger partial charge is 0.282 e. The molecule has 0 amide bonds. The molecule has 0 atom stereocenters. The summed E-state index contributed by atoms with van der Waals surface area (Å²) in [6, 6.07) is 17.4. The Bertz CT molecular complexity index is 1460. The van der Waals surface area contributed by atoms with Gasteiger partial charge in [0.05, 0.1) is 11.4 Å². The van der Waals surface area contributed by atoms with Crippen molar-refractivity contribution in [1.82, 2.24) is 0 Å². The third-order valence-electron chi connectivity index (χ3n) is 4.98. The van der Waals surface area contributed by atoms with Gasteiger partial charge in [-0.25, -0.2) is 0 Å². The van der Waals surface area contributed by atoms with E-state index in [2.05, 4.69) is 15.4 Å². The van der Waals surface area contributed by atoms with Crippen molar-refractivity contribution in [1.29, 1.82) is 0 Å². The van der Waals surface area contributed by atoms with Gasteiger partial charge in [0.2, 0.25) is 0 Å². The van der Waals surface area contributed by atoms with E-state index in [4.69, 9.17) is 0 Å². The number of nitrogens with zero attached hydrogens (tertiary/aromatic N) is 3. The second-order valence-electron chi connectivity index (χ2n) is 6.99. The topological polar surface area (TPSA) is 109 Å². The SMILES string of the molecule is Cc1ccc2ccccc2c1/N=N/c1c(C)cc(S(=O)(=O)O)c2cc(N=O)ccc12. The first-order valence-corrected chi connectivity index (χ1v) is 10.5. The molecule has 7 nitrogen and oxygen atoms in total. The van der Waals surface area contributed by atoms with Gasteiger partial charge in [0.1, 0.15) is 10.6 Å². The van der Waals surface area contributed by atoms with E-state index in [0.717, 1.165) is 16.3 Å². The van der Waals surface area contributed by atoms with Crippen LogP contribution in [0.15, 0.2) is 81.0 Å². The van der Waals surface area contributed by atoms with Crippen molar-refractivity contribution in [2.45, 2.75) is 18.7 Å². The molecule has 0 aromatic heterocycles. The van der Waals surface area contributed by atoms with E-state index in [0.29, 0.717) is 22.3 Å². The van der Waals surface area contributed by atoms with Crippen LogP contribution in [0, 0.1) is 18.8 Å². The van der Waals surface area contributed by atoms with Crippen LogP contribution in [0.25, 0.3) is 21.5 Å². The van der Waals surface area contributed by atoms with Crippen LogP contribution in [0.1, 0.15) is 11.1 Å². The number of fused-ring (bicyclic) bond motifs is 2. The summed E-state index contributed by atoms with van der Waals surface area (Å²) in [5.41, 5.74) is 2.67. The van der Waals surface area contributed by atoms with Gasteiger partial charge in [-0.1, -0.05) is 36.4 Å². The van der Waals surface area contributed by atoms with E-state index in [-0.39, 0.29) is 16.0 Å². The van der Waals surface area contributed by atoms with Gasteiger partial charge in [-0.15, -0.1) is 15.1 Å². The maximum absolute atomic E-state index is 11.9. The molecular weight excluding hydrogens is 402 g/mol. The first-order valence-electron chi connectivity index (χ1n) is 9.08. The summed E-state index contributed by atoms with van der Waals surface area (Å²) in [5, 5.41) is 14.3. The largest absolute Gasteiger partial charge is 0.295 e. The summed E-state index contributed by atoms with van der Waals surface area (Å²) in [6.45, 7) is 3.62. The minimum atomic E-state index is -4.51. The van der Waals surface area contributed by atoms with Crippen molar-refractivity contribution >= 4 is 48.7 Å². The molecule has 0 fully saturated rings. The van der Waals surface area contributed by atoms with Crippen molar-refractivity contribution in [2.75, 3.05) is 0 Å². The molecule has 0 saturated heterocycles. The molecule has 4 aromatic carbocycles. The van der Waals surface area contributed by atoms with E-state index in [1.807, 2.05) is 43.3 Å². The van der Waals surface area contributed by atoms with Gasteiger partial charge in [0.25, 0.3) is 10.1 Å². The Kier molecular flexibility index (Phi) is 4.89. The molecule has 0 spiro atoms. The van der Waals surface area contributed by atoms with Gasteiger partial charge < -0.3 is 0 Å². The minimum absolute atomic E-state index is 0.0454. The summed E-state index contributed by atoms with van der Waals surface area (Å²) < 4.78 is 33.4. The van der Waals surface area contributed by atoms with Gasteiger partial charge in [0, 0.05) is 16.2 Å². The number of hydrogen-bond acceptors (Lipinski definition) is 6. The van der Waals surface area contributed by atoms with Crippen LogP contribution < -0.4 is 0 Å². The van der Waals surface area contributed by atoms with Crippen LogP contribution in [0.5, 0.6) is 0 Å². The molecule has 1 N–H and O–H groups in total. The molecule has 0 aliphatic rings. The quantitative estimate of drug-likeness (QED) is 0.226. The Balaban J connectivity index is 1.98. The van der Waals surface area contributed by atoms with Crippen molar-refractivity contribution in [2.24, 2.45) is 15.4 Å². The van der Waals surface area contributed by atoms with Gasteiger partial charge in [-0.05, 0) is 59.8 Å². The van der Waals surface area contributed by atoms with Crippen molar-refractivity contribution in [3.8, 4) is 0 Å². The number of aryl methyl sites for hydroxylation is 2. The van der Waals surface area contributed by atoms with Crippen LogP contribution in [0.4, 0.5) is 17.1 Å². The lowest BCUT2D eigenvalue weighted by Gasteiger charge is -2.10. The fraction of sp³-hybridized carbons (Fsp3) is 0.0909. The van der Waals surface area contributed by atoms with Crippen LogP contribution in [-0.2, 0) is 10.1 Å². The highest BCUT2D eigenvalue weighted by Crippen LogP contribution is 2.38. The maximum atomic E-state index is 11.9. The molecular formula is C22H17N3O4S. The number of benzene rings is 4. The normalized spacial score (nSPS) is 12.1. The van der Waals surface area contributed by atoms with E-state index in [1.165, 1.54) is 18.2 Å². The molecule has 0 unspecified atom stereocenters. The highest BCUT2D eigenvalue weighted by atomic mass is 32.2. The van der Waals surface area contributed by atoms with Crippen molar-refractivity contribution in [3.63, 3.8) is 0 Å². The molecule has 0 heterocycles. The predicted octanol–water partition coefficient (Wildman–Crippen LogP) is 6.67. The van der Waals surface area contributed by atoms with Crippen LogP contribution in [-0.4, -0.2) is 13.0 Å². The standard InChI is InChI=1S/C22H17N3O4S/c1-13-7-8-15-5-3-4-6-17(15)21(13)23-24-22-14(2)11-20(30(27,28)29)19-12-16(25-26)9-10-18(19)22/h3-12H,1-2H3,(H,27,28,29)/b24-23+. The summed E-state index contributed by atoms with van der Waals surface area (Å²) in [4.78, 5) is 10.6. The van der Waals surface area contributed by atoms with Crippen LogP contribution in [0.3, 0.4) is 0 Å². The predicted molar refractivity (Wildman–Crippen MR) is 117 cm³/mol. The fourth-order valence-electron chi connectivity index (χ4n) is 3.50. The second kappa shape index (κ2) is 7.40. The van der Waals surface area contributed by atoms with Crippen LogP contribution >= 0.6 is 0 Å². The Morgan fingerprint density at radius 1 is 0.767 bits per heavy atom. The molecule has 8 heteroatoms. The fourth-order valence-corrected chi connectivity index (χ4v) is 4.27. The van der Waals surface area contributed by atoms with E-state index >= 15 is 0 Å². The van der Waals surface area contributed by atoms with Crippen molar-refractivity contribution in [3.05, 3.63) is 76.7 Å². The third kappa shape index (κ3) is 3.47. The molecule has 0 aliphatic heterocycles. The summed E-state index contributed by atoms with van der Waals surface area (Å²) >= 11 is 0. The molecule has 0 saturated carbocycles. The highest BCUT2D eigenvalue weighted by Gasteiger charge is 2.19. The van der Waals surface area contributed by atoms with E-state index in [1.54, 1.807) is 13.0 Å².